The molecule has 0 fully saturated rings. The minimum atomic E-state index is -1.22. The van der Waals surface area contributed by atoms with Crippen molar-refractivity contribution in [2.75, 3.05) is 5.32 Å². The van der Waals surface area contributed by atoms with E-state index in [2.05, 4.69) is 17.5 Å². The molecule has 2 aromatic carbocycles. The molecule has 0 saturated carbocycles. The van der Waals surface area contributed by atoms with E-state index >= 15 is 0 Å². The van der Waals surface area contributed by atoms with E-state index in [-0.39, 0.29) is 29.1 Å². The van der Waals surface area contributed by atoms with Gasteiger partial charge in [0.05, 0.1) is 16.9 Å². The summed E-state index contributed by atoms with van der Waals surface area (Å²) < 4.78 is 0. The molecule has 0 aromatic heterocycles. The Morgan fingerprint density at radius 2 is 1.92 bits per heavy atom. The Morgan fingerprint density at radius 3 is 2.60 bits per heavy atom. The second kappa shape index (κ2) is 5.73. The van der Waals surface area contributed by atoms with Gasteiger partial charge in [0.25, 0.3) is 5.69 Å². The molecule has 0 bridgehead atoms. The van der Waals surface area contributed by atoms with Crippen LogP contribution in [0.5, 0.6) is 0 Å². The van der Waals surface area contributed by atoms with Crippen LogP contribution in [-0.4, -0.2) is 10.9 Å². The summed E-state index contributed by atoms with van der Waals surface area (Å²) in [7, 11) is 0. The number of carboxylic acids is 1. The molecule has 1 aliphatic heterocycles. The normalized spacial score (nSPS) is 23.4. The van der Waals surface area contributed by atoms with Crippen molar-refractivity contribution in [2.24, 2.45) is 5.92 Å². The summed E-state index contributed by atoms with van der Waals surface area (Å²) in [6.45, 7) is 0. The number of nitro groups is 1. The fourth-order valence-electron chi connectivity index (χ4n) is 3.92. The van der Waals surface area contributed by atoms with Gasteiger partial charge >= 0.3 is 0 Å². The zero-order valence-electron chi connectivity index (χ0n) is 13.2. The zero-order chi connectivity index (χ0) is 17.6. The average Bonchev–Trinajstić information content (AvgIpc) is 3.10. The number of rotatable bonds is 3. The number of carbonyl (C=O) groups excluding carboxylic acids is 1. The van der Waals surface area contributed by atoms with Gasteiger partial charge in [0, 0.05) is 29.3 Å². The van der Waals surface area contributed by atoms with E-state index < -0.39 is 10.9 Å². The van der Waals surface area contributed by atoms with Crippen molar-refractivity contribution in [3.8, 4) is 0 Å². The van der Waals surface area contributed by atoms with Gasteiger partial charge in [-0.15, -0.1) is 0 Å². The molecule has 0 radical (unpaired) electrons. The lowest BCUT2D eigenvalue weighted by atomic mass is 9.76. The van der Waals surface area contributed by atoms with Gasteiger partial charge in [-0.25, -0.2) is 0 Å². The Morgan fingerprint density at radius 1 is 1.16 bits per heavy atom. The second-order valence-electron chi connectivity index (χ2n) is 6.38. The molecule has 2 aliphatic rings. The van der Waals surface area contributed by atoms with Crippen LogP contribution in [0.1, 0.15) is 39.9 Å². The van der Waals surface area contributed by atoms with Crippen LogP contribution in [0.15, 0.2) is 54.6 Å². The Labute approximate surface area is 144 Å². The Balaban J connectivity index is 1.78. The van der Waals surface area contributed by atoms with Crippen LogP contribution in [0.3, 0.4) is 0 Å². The lowest BCUT2D eigenvalue weighted by Crippen LogP contribution is -2.32. The van der Waals surface area contributed by atoms with Crippen molar-refractivity contribution in [3.63, 3.8) is 0 Å². The van der Waals surface area contributed by atoms with Crippen molar-refractivity contribution >= 4 is 17.3 Å². The Kier molecular flexibility index (Phi) is 3.53. The summed E-state index contributed by atoms with van der Waals surface area (Å²) in [4.78, 5) is 21.9. The predicted octanol–water partition coefficient (Wildman–Crippen LogP) is 2.78. The number of carboxylic acid groups (broad SMARTS) is 1. The molecule has 2 aromatic rings. The van der Waals surface area contributed by atoms with Crippen molar-refractivity contribution < 1.29 is 14.8 Å². The number of fused-ring (bicyclic) bond motifs is 3. The van der Waals surface area contributed by atoms with Crippen LogP contribution in [0.2, 0.25) is 0 Å². The van der Waals surface area contributed by atoms with Crippen LogP contribution in [0, 0.1) is 16.0 Å². The van der Waals surface area contributed by atoms with E-state index in [0.717, 1.165) is 17.5 Å². The molecule has 1 N–H and O–H groups in total. The van der Waals surface area contributed by atoms with E-state index in [1.54, 1.807) is 18.2 Å². The van der Waals surface area contributed by atoms with Gasteiger partial charge in [-0.2, -0.15) is 0 Å². The predicted molar refractivity (Wildman–Crippen MR) is 90.2 cm³/mol. The van der Waals surface area contributed by atoms with Crippen LogP contribution >= 0.6 is 0 Å². The third-order valence-corrected chi connectivity index (χ3v) is 5.08. The summed E-state index contributed by atoms with van der Waals surface area (Å²) in [6.07, 6.45) is 5.09. The van der Waals surface area contributed by atoms with Gasteiger partial charge < -0.3 is 15.2 Å². The van der Waals surface area contributed by atoms with Crippen LogP contribution in [0.25, 0.3) is 0 Å². The molecule has 0 unspecified atom stereocenters. The molecule has 0 amide bonds. The monoisotopic (exact) mass is 335 g/mol. The summed E-state index contributed by atoms with van der Waals surface area (Å²) in [5.74, 6) is -0.853. The highest BCUT2D eigenvalue weighted by molar-refractivity contribution is 5.94. The topological polar surface area (TPSA) is 95.3 Å². The number of nitro benzene ring substituents is 1. The fourth-order valence-corrected chi connectivity index (χ4v) is 3.92. The third-order valence-electron chi connectivity index (χ3n) is 5.08. The number of anilines is 1. The van der Waals surface area contributed by atoms with Gasteiger partial charge in [0.1, 0.15) is 0 Å². The molecule has 1 heterocycles. The number of carbonyl (C=O) groups is 1. The molecular weight excluding hydrogens is 320 g/mol. The first-order valence-corrected chi connectivity index (χ1v) is 8.08. The van der Waals surface area contributed by atoms with Gasteiger partial charge in [-0.3, -0.25) is 10.1 Å². The maximum absolute atomic E-state index is 11.5. The molecule has 6 nitrogen and oxygen atoms in total. The largest absolute Gasteiger partial charge is 0.545 e. The lowest BCUT2D eigenvalue weighted by Gasteiger charge is -2.38. The van der Waals surface area contributed by atoms with Gasteiger partial charge in [-0.05, 0) is 23.5 Å². The summed E-state index contributed by atoms with van der Waals surface area (Å²) >= 11 is 0. The van der Waals surface area contributed by atoms with E-state index in [0.29, 0.717) is 5.69 Å². The highest BCUT2D eigenvalue weighted by atomic mass is 16.6. The van der Waals surface area contributed by atoms with Crippen LogP contribution in [-0.2, 0) is 0 Å². The SMILES string of the molecule is O=C([O-])c1cccc2c1N[C@H](c1ccc([N+](=O)[O-])cc1)[C@@H]1CC=C[C@@H]21. The van der Waals surface area contributed by atoms with Crippen molar-refractivity contribution in [1.82, 2.24) is 0 Å². The maximum Gasteiger partial charge on any atom is 0.269 e. The number of allylic oxidation sites excluding steroid dienone is 2. The smallest absolute Gasteiger partial charge is 0.269 e. The highest BCUT2D eigenvalue weighted by Gasteiger charge is 2.38. The number of hydrogen-bond acceptors (Lipinski definition) is 5. The van der Waals surface area contributed by atoms with Crippen molar-refractivity contribution in [1.29, 1.82) is 0 Å². The average molecular weight is 335 g/mol. The molecule has 6 heteroatoms. The maximum atomic E-state index is 11.5. The summed E-state index contributed by atoms with van der Waals surface area (Å²) in [5.41, 5.74) is 2.63. The Bertz CT molecular complexity index is 889. The van der Waals surface area contributed by atoms with E-state index in [1.165, 1.54) is 18.2 Å². The minimum Gasteiger partial charge on any atom is -0.545 e. The molecule has 0 spiro atoms. The number of benzene rings is 2. The number of para-hydroxylation sites is 1. The number of nitrogens with one attached hydrogen (secondary N) is 1. The lowest BCUT2D eigenvalue weighted by molar-refractivity contribution is -0.384. The highest BCUT2D eigenvalue weighted by Crippen LogP contribution is 2.50. The van der Waals surface area contributed by atoms with Crippen LogP contribution in [0.4, 0.5) is 11.4 Å². The van der Waals surface area contributed by atoms with Gasteiger partial charge in [-0.1, -0.05) is 42.5 Å². The quantitative estimate of drug-likeness (QED) is 0.529. The Hall–Kier alpha value is -3.15. The first-order chi connectivity index (χ1) is 12.1. The molecule has 0 saturated heterocycles. The molecule has 1 aliphatic carbocycles. The summed E-state index contributed by atoms with van der Waals surface area (Å²) in [6, 6.07) is 11.5. The standard InChI is InChI=1S/C19H16N2O4/c22-19(23)16-6-2-5-15-13-3-1-4-14(13)17(20-18(15)16)11-7-9-12(10-8-11)21(24)25/h1-3,5-10,13-14,17,20H,4H2,(H,22,23)/p-1/t13-,14-,17-/m1/s1. The first kappa shape index (κ1) is 15.4. The van der Waals surface area contributed by atoms with Crippen LogP contribution < -0.4 is 10.4 Å². The molecule has 3 atom stereocenters. The van der Waals surface area contributed by atoms with E-state index in [9.17, 15) is 20.0 Å². The van der Waals surface area contributed by atoms with E-state index in [4.69, 9.17) is 0 Å². The molecule has 25 heavy (non-hydrogen) atoms. The number of aromatic carboxylic acids is 1. The summed E-state index contributed by atoms with van der Waals surface area (Å²) in [5, 5.41) is 25.7. The fraction of sp³-hybridized carbons (Fsp3) is 0.211. The molecule has 126 valence electrons. The van der Waals surface area contributed by atoms with Crippen molar-refractivity contribution in [3.05, 3.63) is 81.4 Å². The first-order valence-electron chi connectivity index (χ1n) is 8.08. The minimum absolute atomic E-state index is 0.0384. The van der Waals surface area contributed by atoms with E-state index in [1.807, 2.05) is 6.07 Å². The van der Waals surface area contributed by atoms with Gasteiger partial charge in [0.2, 0.25) is 0 Å². The zero-order valence-corrected chi connectivity index (χ0v) is 13.2. The number of non-ortho nitro benzene ring substituents is 1. The van der Waals surface area contributed by atoms with Crippen molar-refractivity contribution in [2.45, 2.75) is 18.4 Å². The molecular formula is C19H15N2O4-. The van der Waals surface area contributed by atoms with Gasteiger partial charge in [0.15, 0.2) is 0 Å². The number of hydrogen-bond donors (Lipinski definition) is 1. The molecule has 4 rings (SSSR count). The third kappa shape index (κ3) is 2.46. The number of nitrogens with zero attached hydrogens (tertiary/aromatic N) is 1. The second-order valence-corrected chi connectivity index (χ2v) is 6.38.